The third-order valence-corrected chi connectivity index (χ3v) is 3.04. The predicted molar refractivity (Wildman–Crippen MR) is 72.4 cm³/mol. The highest BCUT2D eigenvalue weighted by Gasteiger charge is 2.01. The first-order valence-corrected chi connectivity index (χ1v) is 6.16. The molecule has 0 saturated carbocycles. The summed E-state index contributed by atoms with van der Waals surface area (Å²) in [4.78, 5) is 14.4. The molecule has 0 saturated heterocycles. The number of benzene rings is 1. The Morgan fingerprint density at radius 1 is 1.17 bits per heavy atom. The average molecular weight is 264 g/mol. The number of hydrogen-bond donors (Lipinski definition) is 1. The first-order chi connectivity index (χ1) is 8.72. The van der Waals surface area contributed by atoms with E-state index in [2.05, 4.69) is 4.98 Å². The van der Waals surface area contributed by atoms with Gasteiger partial charge in [0.15, 0.2) is 0 Å². The maximum atomic E-state index is 11.6. The van der Waals surface area contributed by atoms with Crippen LogP contribution >= 0.6 is 11.6 Å². The predicted octanol–water partition coefficient (Wildman–Crippen LogP) is 2.71. The molecule has 1 N–H and O–H groups in total. The summed E-state index contributed by atoms with van der Waals surface area (Å²) in [6.45, 7) is 0. The third kappa shape index (κ3) is 2.93. The Labute approximate surface area is 110 Å². The zero-order valence-electron chi connectivity index (χ0n) is 10.1. The van der Waals surface area contributed by atoms with Crippen LogP contribution in [0.2, 0.25) is 0 Å². The second-order valence-corrected chi connectivity index (χ2v) is 4.26. The molecule has 1 aromatic carbocycles. The highest BCUT2D eigenvalue weighted by Crippen LogP contribution is 2.13. The van der Waals surface area contributed by atoms with Crippen molar-refractivity contribution < 1.29 is 4.74 Å². The summed E-state index contributed by atoms with van der Waals surface area (Å²) in [5, 5.41) is 0. The lowest BCUT2D eigenvalue weighted by molar-refractivity contribution is 0.414. The van der Waals surface area contributed by atoms with Crippen LogP contribution in [-0.4, -0.2) is 12.1 Å². The van der Waals surface area contributed by atoms with Crippen LogP contribution in [0.3, 0.4) is 0 Å². The zero-order chi connectivity index (χ0) is 13.0. The number of H-pyrrole nitrogens is 1. The van der Waals surface area contributed by atoms with Gasteiger partial charge in [-0.3, -0.25) is 4.79 Å². The molecule has 1 heterocycles. The number of pyridine rings is 1. The lowest BCUT2D eigenvalue weighted by atomic mass is 10.1. The number of ether oxygens (including phenoxy) is 1. The highest BCUT2D eigenvalue weighted by molar-refractivity contribution is 6.17. The normalized spacial score (nSPS) is 10.3. The van der Waals surface area contributed by atoms with Crippen molar-refractivity contribution in [2.45, 2.75) is 12.3 Å². The fraction of sp³-hybridized carbons (Fsp3) is 0.214. The van der Waals surface area contributed by atoms with Gasteiger partial charge in [-0.1, -0.05) is 18.2 Å². The summed E-state index contributed by atoms with van der Waals surface area (Å²) >= 11 is 5.64. The monoisotopic (exact) mass is 263 g/mol. The van der Waals surface area contributed by atoms with E-state index in [9.17, 15) is 4.79 Å². The van der Waals surface area contributed by atoms with Gasteiger partial charge in [0.1, 0.15) is 5.75 Å². The first-order valence-electron chi connectivity index (χ1n) is 5.63. The molecule has 0 atom stereocenters. The Bertz CT molecular complexity index is 575. The van der Waals surface area contributed by atoms with Crippen molar-refractivity contribution in [1.29, 1.82) is 0 Å². The van der Waals surface area contributed by atoms with Gasteiger partial charge < -0.3 is 9.72 Å². The molecule has 0 aliphatic carbocycles. The molecular weight excluding hydrogens is 250 g/mol. The van der Waals surface area contributed by atoms with Crippen molar-refractivity contribution >= 4 is 11.6 Å². The summed E-state index contributed by atoms with van der Waals surface area (Å²) in [5.41, 5.74) is 2.47. The SMILES string of the molecule is COc1ccc(Cc2ccc(CCl)c(=O)[nH]2)cc1. The number of hydrogen-bond acceptors (Lipinski definition) is 2. The van der Waals surface area contributed by atoms with E-state index in [1.165, 1.54) is 0 Å². The largest absolute Gasteiger partial charge is 0.497 e. The molecular formula is C14H14ClNO2. The molecule has 0 spiro atoms. The number of nitrogens with one attached hydrogen (secondary N) is 1. The van der Waals surface area contributed by atoms with E-state index >= 15 is 0 Å². The maximum absolute atomic E-state index is 11.6. The summed E-state index contributed by atoms with van der Waals surface area (Å²) in [6, 6.07) is 11.4. The molecule has 4 heteroatoms. The zero-order valence-corrected chi connectivity index (χ0v) is 10.8. The Morgan fingerprint density at radius 2 is 1.89 bits per heavy atom. The molecule has 0 fully saturated rings. The maximum Gasteiger partial charge on any atom is 0.252 e. The van der Waals surface area contributed by atoms with Crippen LogP contribution in [0, 0.1) is 0 Å². The summed E-state index contributed by atoms with van der Waals surface area (Å²) in [6.07, 6.45) is 0.682. The van der Waals surface area contributed by atoms with E-state index in [-0.39, 0.29) is 11.4 Å². The first kappa shape index (κ1) is 12.7. The van der Waals surface area contributed by atoms with Crippen molar-refractivity contribution in [1.82, 2.24) is 4.98 Å². The van der Waals surface area contributed by atoms with Gasteiger partial charge in [0.25, 0.3) is 5.56 Å². The molecule has 0 aliphatic heterocycles. The minimum Gasteiger partial charge on any atom is -0.497 e. The summed E-state index contributed by atoms with van der Waals surface area (Å²) in [5.74, 6) is 1.06. The van der Waals surface area contributed by atoms with Gasteiger partial charge >= 0.3 is 0 Å². The van der Waals surface area contributed by atoms with Gasteiger partial charge in [0, 0.05) is 17.7 Å². The third-order valence-electron chi connectivity index (χ3n) is 2.75. The molecule has 0 unspecified atom stereocenters. The van der Waals surface area contributed by atoms with Crippen LogP contribution in [0.15, 0.2) is 41.2 Å². The second-order valence-electron chi connectivity index (χ2n) is 4.00. The van der Waals surface area contributed by atoms with Crippen molar-refractivity contribution in [3.8, 4) is 5.75 Å². The number of rotatable bonds is 4. The van der Waals surface area contributed by atoms with Gasteiger partial charge in [-0.25, -0.2) is 0 Å². The Balaban J connectivity index is 2.17. The fourth-order valence-electron chi connectivity index (χ4n) is 1.72. The minimum absolute atomic E-state index is 0.115. The quantitative estimate of drug-likeness (QED) is 0.862. The standard InChI is InChI=1S/C14H14ClNO2/c1-18-13-6-2-10(3-7-13)8-12-5-4-11(9-15)14(17)16-12/h2-7H,8-9H2,1H3,(H,16,17). The molecule has 18 heavy (non-hydrogen) atoms. The summed E-state index contributed by atoms with van der Waals surface area (Å²) < 4.78 is 5.10. The van der Waals surface area contributed by atoms with Crippen LogP contribution in [0.25, 0.3) is 0 Å². The topological polar surface area (TPSA) is 42.1 Å². The van der Waals surface area contributed by atoms with Gasteiger partial charge in [-0.05, 0) is 23.8 Å². The lowest BCUT2D eigenvalue weighted by Gasteiger charge is -2.04. The van der Waals surface area contributed by atoms with Crippen molar-refractivity contribution in [2.24, 2.45) is 0 Å². The van der Waals surface area contributed by atoms with Crippen LogP contribution < -0.4 is 10.3 Å². The smallest absolute Gasteiger partial charge is 0.252 e. The van der Waals surface area contributed by atoms with E-state index < -0.39 is 0 Å². The fourth-order valence-corrected chi connectivity index (χ4v) is 1.93. The van der Waals surface area contributed by atoms with E-state index in [1.54, 1.807) is 13.2 Å². The molecule has 2 rings (SSSR count). The molecule has 2 aromatic rings. The number of alkyl halides is 1. The van der Waals surface area contributed by atoms with E-state index in [4.69, 9.17) is 16.3 Å². The summed E-state index contributed by atoms with van der Waals surface area (Å²) in [7, 11) is 1.64. The molecule has 3 nitrogen and oxygen atoms in total. The van der Waals surface area contributed by atoms with E-state index in [1.807, 2.05) is 30.3 Å². The van der Waals surface area contributed by atoms with Crippen LogP contribution in [0.5, 0.6) is 5.75 Å². The van der Waals surface area contributed by atoms with Crippen molar-refractivity contribution in [2.75, 3.05) is 7.11 Å². The Hall–Kier alpha value is -1.74. The highest BCUT2D eigenvalue weighted by atomic mass is 35.5. The molecule has 0 radical (unpaired) electrons. The molecule has 0 amide bonds. The second kappa shape index (κ2) is 5.74. The molecule has 94 valence electrons. The van der Waals surface area contributed by atoms with Crippen LogP contribution in [0.1, 0.15) is 16.8 Å². The Kier molecular flexibility index (Phi) is 4.05. The Morgan fingerprint density at radius 3 is 2.44 bits per heavy atom. The average Bonchev–Trinajstić information content (AvgIpc) is 2.40. The van der Waals surface area contributed by atoms with Gasteiger partial charge in [0.2, 0.25) is 0 Å². The van der Waals surface area contributed by atoms with Gasteiger partial charge in [-0.2, -0.15) is 0 Å². The van der Waals surface area contributed by atoms with Crippen molar-refractivity contribution in [3.05, 3.63) is 63.6 Å². The number of methoxy groups -OCH3 is 1. The van der Waals surface area contributed by atoms with E-state index in [0.29, 0.717) is 12.0 Å². The molecule has 0 aliphatic rings. The van der Waals surface area contributed by atoms with Gasteiger partial charge in [-0.15, -0.1) is 11.6 Å². The van der Waals surface area contributed by atoms with E-state index in [0.717, 1.165) is 17.0 Å². The number of halogens is 1. The van der Waals surface area contributed by atoms with Crippen LogP contribution in [-0.2, 0) is 12.3 Å². The minimum atomic E-state index is -0.115. The molecule has 0 bridgehead atoms. The molecule has 1 aromatic heterocycles. The van der Waals surface area contributed by atoms with Gasteiger partial charge in [0.05, 0.1) is 13.0 Å². The van der Waals surface area contributed by atoms with Crippen LogP contribution in [0.4, 0.5) is 0 Å². The number of aromatic amines is 1. The lowest BCUT2D eigenvalue weighted by Crippen LogP contribution is -2.13. The van der Waals surface area contributed by atoms with Crippen molar-refractivity contribution in [3.63, 3.8) is 0 Å². The number of aromatic nitrogens is 1.